The number of allylic oxidation sites excluding steroid dienone is 2. The summed E-state index contributed by atoms with van der Waals surface area (Å²) in [7, 11) is 3.25. The first-order valence-electron chi connectivity index (χ1n) is 26.4. The molecule has 5 heterocycles. The molecule has 376 valence electrons. The van der Waals surface area contributed by atoms with Crippen molar-refractivity contribution in [3.05, 3.63) is 47.6 Å². The van der Waals surface area contributed by atoms with Gasteiger partial charge in [0.2, 0.25) is 5.91 Å². The van der Waals surface area contributed by atoms with E-state index in [2.05, 4.69) is 46.8 Å². The van der Waals surface area contributed by atoms with Crippen LogP contribution >= 0.6 is 21.6 Å². The monoisotopic (exact) mass is 978 g/mol. The first-order chi connectivity index (χ1) is 32.3. The van der Waals surface area contributed by atoms with Gasteiger partial charge in [-0.05, 0) is 147 Å². The van der Waals surface area contributed by atoms with Gasteiger partial charge in [0.1, 0.15) is 23.1 Å². The molecule has 8 bridgehead atoms. The Morgan fingerprint density at radius 3 is 2.51 bits per heavy atom. The van der Waals surface area contributed by atoms with Crippen LogP contribution in [0.5, 0.6) is 5.75 Å². The van der Waals surface area contributed by atoms with E-state index in [-0.39, 0.29) is 72.6 Å². The fourth-order valence-electron chi connectivity index (χ4n) is 17.3. The molecule has 12 rings (SSSR count). The second-order valence-corrected chi connectivity index (χ2v) is 26.7. The molecular formula is C55H79NO10S2. The number of amides is 1. The van der Waals surface area contributed by atoms with Crippen LogP contribution < -0.4 is 4.90 Å². The van der Waals surface area contributed by atoms with Crippen molar-refractivity contribution >= 4 is 39.0 Å². The molecule has 11 aliphatic rings. The molecule has 13 heteroatoms. The van der Waals surface area contributed by atoms with Gasteiger partial charge in [0.25, 0.3) is 0 Å². The van der Waals surface area contributed by atoms with Crippen molar-refractivity contribution in [2.45, 2.75) is 166 Å². The average Bonchev–Trinajstić information content (AvgIpc) is 4.01. The number of rotatable bonds is 9. The molecule has 5 aliphatic heterocycles. The number of carbonyl (C=O) groups is 2. The van der Waals surface area contributed by atoms with E-state index in [0.29, 0.717) is 73.8 Å². The number of aromatic hydroxyl groups is 1. The van der Waals surface area contributed by atoms with Gasteiger partial charge in [0.15, 0.2) is 5.78 Å². The van der Waals surface area contributed by atoms with Crippen molar-refractivity contribution in [1.82, 2.24) is 0 Å². The summed E-state index contributed by atoms with van der Waals surface area (Å²) in [6.45, 7) is 10.5. The van der Waals surface area contributed by atoms with Crippen molar-refractivity contribution in [2.24, 2.45) is 69.0 Å². The number of phenols is 1. The predicted molar refractivity (Wildman–Crippen MR) is 266 cm³/mol. The van der Waals surface area contributed by atoms with Crippen molar-refractivity contribution in [2.75, 3.05) is 36.2 Å². The van der Waals surface area contributed by atoms with Crippen molar-refractivity contribution in [3.63, 3.8) is 0 Å². The van der Waals surface area contributed by atoms with Crippen LogP contribution in [0.3, 0.4) is 0 Å². The van der Waals surface area contributed by atoms with Gasteiger partial charge in [-0.3, -0.25) is 9.59 Å². The summed E-state index contributed by atoms with van der Waals surface area (Å²) in [5.74, 6) is 0.0340. The molecule has 1 aromatic carbocycles. The molecule has 11 nitrogen and oxygen atoms in total. The van der Waals surface area contributed by atoms with Crippen LogP contribution in [0.2, 0.25) is 0 Å². The molecule has 1 amide bonds. The van der Waals surface area contributed by atoms with Gasteiger partial charge in [-0.25, -0.2) is 0 Å². The number of epoxide rings is 1. The Kier molecular flexibility index (Phi) is 12.9. The number of ether oxygens (including phenoxy) is 1. The molecule has 0 radical (unpaired) electrons. The number of ketones is 1. The van der Waals surface area contributed by atoms with Gasteiger partial charge in [-0.1, -0.05) is 94.0 Å². The standard InChI is InChI=1S/C55H79NO10S2/c1-6-7-8-11-36-26-56-39-20-34(21-40(59)23-39)15-18-52-35-14-10-17-53(64,47-46(66-47)33(4)32(2)3)43(52)16-19-54(52,65)42-24-44(60)50(25-45(61)51(63,30-58)29-49(50,5)41(42)22-35)31-68-67-28-38-13-9-12-37(27-57)55(36,38)48(56)62/h10,14,20-21,23-24,32-33,35-38,41,43,45-47,57-59,61,63-65H,6-9,11-13,15-19,22,25-31H2,1-5H3. The van der Waals surface area contributed by atoms with Crippen LogP contribution in [0.25, 0.3) is 0 Å². The highest BCUT2D eigenvalue weighted by Crippen LogP contribution is 2.76. The fraction of sp³-hybridized carbons (Fsp3) is 0.782. The highest BCUT2D eigenvalue weighted by molar-refractivity contribution is 8.76. The maximum absolute atomic E-state index is 15.7. The molecule has 6 aliphatic carbocycles. The van der Waals surface area contributed by atoms with Gasteiger partial charge in [-0.15, -0.1) is 0 Å². The number of aliphatic hydroxyl groups excluding tert-OH is 3. The molecule has 6 fully saturated rings. The van der Waals surface area contributed by atoms with E-state index in [9.17, 15) is 35.7 Å². The van der Waals surface area contributed by atoms with Crippen molar-refractivity contribution < 1.29 is 50.1 Å². The quantitative estimate of drug-likeness (QED) is 0.0558. The number of hydrogen-bond donors (Lipinski definition) is 7. The summed E-state index contributed by atoms with van der Waals surface area (Å²) in [5, 5.41) is 85.2. The van der Waals surface area contributed by atoms with E-state index in [0.717, 1.165) is 50.5 Å². The molecule has 3 spiro atoms. The summed E-state index contributed by atoms with van der Waals surface area (Å²) in [4.78, 5) is 33.2. The Hall–Kier alpha value is -1.94. The number of hydrogen-bond acceptors (Lipinski definition) is 12. The second-order valence-electron chi connectivity index (χ2n) is 24.2. The second kappa shape index (κ2) is 17.6. The maximum Gasteiger partial charge on any atom is 0.234 e. The SMILES string of the molecule is CCCCCC1CN2C(=O)C13C(CO)CCCC3CSSCC13CC(O)C(O)(CO)CC1(C)C1CC4C=CCC(O)(C5OC5C(C)C(C)C)C5CCC(O)(C1=CC3=O)C45CCc1cc(O)cc2c1. The lowest BCUT2D eigenvalue weighted by Gasteiger charge is -2.67. The Labute approximate surface area is 411 Å². The number of benzene rings is 1. The minimum atomic E-state index is -1.86. The number of nitrogens with zero attached hydrogens (tertiary/aromatic N) is 1. The molecule has 1 aromatic rings. The van der Waals surface area contributed by atoms with E-state index in [1.54, 1.807) is 39.8 Å². The zero-order valence-electron chi connectivity index (χ0n) is 41.1. The number of carbonyl (C=O) groups excluding carboxylic acids is 2. The zero-order chi connectivity index (χ0) is 48.4. The van der Waals surface area contributed by atoms with E-state index in [1.807, 2.05) is 11.0 Å². The summed E-state index contributed by atoms with van der Waals surface area (Å²) < 4.78 is 6.52. The third-order valence-electron chi connectivity index (χ3n) is 21.2. The normalized spacial score (nSPS) is 46.9. The van der Waals surface area contributed by atoms with E-state index >= 15 is 9.59 Å². The van der Waals surface area contributed by atoms with Crippen LogP contribution in [0, 0.1) is 69.0 Å². The molecule has 17 unspecified atom stereocenters. The van der Waals surface area contributed by atoms with Crippen LogP contribution in [0.1, 0.15) is 130 Å². The Morgan fingerprint density at radius 2 is 1.78 bits per heavy atom. The average molecular weight is 978 g/mol. The molecular weight excluding hydrogens is 899 g/mol. The topological polar surface area (TPSA) is 192 Å². The molecule has 7 N–H and O–H groups in total. The summed E-state index contributed by atoms with van der Waals surface area (Å²) >= 11 is 0. The molecule has 17 atom stereocenters. The molecule has 4 saturated carbocycles. The number of unbranched alkanes of at least 4 members (excludes halogenated alkanes) is 2. The fourth-order valence-corrected chi connectivity index (χ4v) is 20.5. The van der Waals surface area contributed by atoms with Gasteiger partial charge in [0, 0.05) is 47.7 Å². The van der Waals surface area contributed by atoms with Crippen LogP contribution in [0.15, 0.2) is 42.0 Å². The number of phenolic OH excluding ortho intramolecular Hbond substituents is 1. The molecule has 68 heavy (non-hydrogen) atoms. The highest BCUT2D eigenvalue weighted by Gasteiger charge is 2.78. The maximum atomic E-state index is 15.7. The number of aryl methyl sites for hydroxylation is 1. The van der Waals surface area contributed by atoms with Gasteiger partial charge in [-0.2, -0.15) is 0 Å². The smallest absolute Gasteiger partial charge is 0.234 e. The van der Waals surface area contributed by atoms with Crippen LogP contribution in [-0.2, 0) is 20.7 Å². The minimum Gasteiger partial charge on any atom is -0.508 e. The van der Waals surface area contributed by atoms with E-state index in [4.69, 9.17) is 4.74 Å². The highest BCUT2D eigenvalue weighted by atomic mass is 33.1. The lowest BCUT2D eigenvalue weighted by molar-refractivity contribution is -0.222. The first kappa shape index (κ1) is 49.6. The number of anilines is 1. The molecule has 2 saturated heterocycles. The van der Waals surface area contributed by atoms with Gasteiger partial charge < -0.3 is 45.4 Å². The first-order valence-corrected chi connectivity index (χ1v) is 28.9. The van der Waals surface area contributed by atoms with E-state index in [1.165, 1.54) is 0 Å². The Balaban J connectivity index is 1.15. The zero-order valence-corrected chi connectivity index (χ0v) is 42.7. The third-order valence-corrected chi connectivity index (χ3v) is 23.8. The largest absolute Gasteiger partial charge is 0.508 e. The number of aliphatic hydroxyl groups is 6. The van der Waals surface area contributed by atoms with Gasteiger partial charge in [0.05, 0.1) is 35.2 Å². The van der Waals surface area contributed by atoms with Crippen molar-refractivity contribution in [1.29, 1.82) is 0 Å². The summed E-state index contributed by atoms with van der Waals surface area (Å²) in [6, 6.07) is 5.51. The van der Waals surface area contributed by atoms with E-state index < -0.39 is 69.1 Å². The predicted octanol–water partition coefficient (Wildman–Crippen LogP) is 7.55. The van der Waals surface area contributed by atoms with Crippen molar-refractivity contribution in [3.8, 4) is 5.75 Å². The lowest BCUT2D eigenvalue weighted by Crippen LogP contribution is -2.71. The van der Waals surface area contributed by atoms with Gasteiger partial charge >= 0.3 is 0 Å². The molecule has 0 aromatic heterocycles. The summed E-state index contributed by atoms with van der Waals surface area (Å²) in [6.07, 6.45) is 13.0. The minimum absolute atomic E-state index is 0.0106. The summed E-state index contributed by atoms with van der Waals surface area (Å²) in [5.41, 5.74) is -6.55. The third kappa shape index (κ3) is 6.91. The Morgan fingerprint density at radius 1 is 0.985 bits per heavy atom. The lowest BCUT2D eigenvalue weighted by atomic mass is 9.38. The van der Waals surface area contributed by atoms with Crippen LogP contribution in [-0.4, -0.2) is 114 Å². The number of fused-ring (bicyclic) bond motifs is 1. The van der Waals surface area contributed by atoms with Crippen LogP contribution in [0.4, 0.5) is 5.69 Å². The Bertz CT molecular complexity index is 2200.